The zero-order valence-electron chi connectivity index (χ0n) is 13.6. The molecule has 1 aromatic heterocycles. The third kappa shape index (κ3) is 4.99. The molecule has 0 aliphatic heterocycles. The summed E-state index contributed by atoms with van der Waals surface area (Å²) in [6, 6.07) is 6.87. The van der Waals surface area contributed by atoms with Crippen LogP contribution in [-0.4, -0.2) is 29.0 Å². The number of nitrogens with one attached hydrogen (secondary N) is 2. The first-order valence-corrected chi connectivity index (χ1v) is 8.71. The minimum Gasteiger partial charge on any atom is -0.352 e. The zero-order valence-corrected chi connectivity index (χ0v) is 14.5. The van der Waals surface area contributed by atoms with Crippen molar-refractivity contribution >= 4 is 17.7 Å². The Balaban J connectivity index is 1.94. The van der Waals surface area contributed by atoms with E-state index in [4.69, 9.17) is 0 Å². The van der Waals surface area contributed by atoms with E-state index in [1.165, 1.54) is 6.07 Å². The fourth-order valence-corrected chi connectivity index (χ4v) is 2.79. The van der Waals surface area contributed by atoms with Gasteiger partial charge in [-0.05, 0) is 35.6 Å². The minimum absolute atomic E-state index is 0.198. The first-order chi connectivity index (χ1) is 11.1. The third-order valence-electron chi connectivity index (χ3n) is 3.50. The maximum absolute atomic E-state index is 13.4. The van der Waals surface area contributed by atoms with Crippen molar-refractivity contribution in [1.82, 2.24) is 20.4 Å². The first kappa shape index (κ1) is 17.3. The summed E-state index contributed by atoms with van der Waals surface area (Å²) in [4.78, 5) is 4.21. The molecule has 0 amide bonds. The molecule has 2 rings (SSSR count). The van der Waals surface area contributed by atoms with E-state index in [-0.39, 0.29) is 5.82 Å². The highest BCUT2D eigenvalue weighted by molar-refractivity contribution is 7.97. The summed E-state index contributed by atoms with van der Waals surface area (Å²) in [5, 5.41) is 10.6. The van der Waals surface area contributed by atoms with Crippen molar-refractivity contribution in [3.8, 4) is 0 Å². The fourth-order valence-electron chi connectivity index (χ4n) is 2.21. The topological polar surface area (TPSA) is 54.2 Å². The lowest BCUT2D eigenvalue weighted by Gasteiger charge is -2.14. The molecule has 0 unspecified atom stereocenters. The Bertz CT molecular complexity index is 668. The molecule has 124 valence electrons. The largest absolute Gasteiger partial charge is 0.352 e. The molecule has 7 heteroatoms. The van der Waals surface area contributed by atoms with Crippen LogP contribution in [0.25, 0.3) is 0 Å². The van der Waals surface area contributed by atoms with Crippen LogP contribution >= 0.6 is 11.8 Å². The highest BCUT2D eigenvalue weighted by atomic mass is 32.2. The van der Waals surface area contributed by atoms with Crippen molar-refractivity contribution < 1.29 is 4.39 Å². The van der Waals surface area contributed by atoms with Crippen molar-refractivity contribution in [3.63, 3.8) is 0 Å². The number of aromatic nitrogens is 2. The van der Waals surface area contributed by atoms with E-state index in [0.29, 0.717) is 19.0 Å². The van der Waals surface area contributed by atoms with Gasteiger partial charge >= 0.3 is 0 Å². The number of guanidine groups is 1. The van der Waals surface area contributed by atoms with Gasteiger partial charge in [-0.2, -0.15) is 16.9 Å². The van der Waals surface area contributed by atoms with Gasteiger partial charge in [0.15, 0.2) is 5.96 Å². The van der Waals surface area contributed by atoms with E-state index < -0.39 is 0 Å². The first-order valence-electron chi connectivity index (χ1n) is 7.31. The summed E-state index contributed by atoms with van der Waals surface area (Å²) in [7, 11) is 3.63. The van der Waals surface area contributed by atoms with Crippen LogP contribution in [0, 0.1) is 5.82 Å². The predicted octanol–water partition coefficient (Wildman–Crippen LogP) is 2.29. The number of aryl methyl sites for hydroxylation is 1. The second-order valence-corrected chi connectivity index (χ2v) is 5.94. The van der Waals surface area contributed by atoms with Gasteiger partial charge in [0.05, 0.1) is 12.2 Å². The van der Waals surface area contributed by atoms with Crippen LogP contribution in [0.15, 0.2) is 35.5 Å². The van der Waals surface area contributed by atoms with Gasteiger partial charge in [0.2, 0.25) is 0 Å². The lowest BCUT2D eigenvalue weighted by molar-refractivity contribution is 0.625. The zero-order chi connectivity index (χ0) is 16.7. The smallest absolute Gasteiger partial charge is 0.191 e. The lowest BCUT2D eigenvalue weighted by atomic mass is 10.1. The van der Waals surface area contributed by atoms with Crippen molar-refractivity contribution in [2.45, 2.75) is 18.8 Å². The standard InChI is InChI=1S/C16H22FN5S/c1-18-16(20-10-15-6-7-21-22(15)2)19-9-12-4-5-14(17)8-13(12)11-23-3/h4-8H,9-11H2,1-3H3,(H2,18,19,20). The molecule has 0 bridgehead atoms. The average Bonchev–Trinajstić information content (AvgIpc) is 2.95. The monoisotopic (exact) mass is 335 g/mol. The van der Waals surface area contributed by atoms with Crippen LogP contribution in [0.1, 0.15) is 16.8 Å². The molecule has 0 aliphatic carbocycles. The van der Waals surface area contributed by atoms with Crippen molar-refractivity contribution in [3.05, 3.63) is 53.1 Å². The summed E-state index contributed by atoms with van der Waals surface area (Å²) >= 11 is 1.68. The van der Waals surface area contributed by atoms with E-state index >= 15 is 0 Å². The average molecular weight is 335 g/mol. The molecule has 0 saturated carbocycles. The highest BCUT2D eigenvalue weighted by Crippen LogP contribution is 2.16. The number of rotatable bonds is 6. The van der Waals surface area contributed by atoms with Gasteiger partial charge in [-0.15, -0.1) is 0 Å². The maximum Gasteiger partial charge on any atom is 0.191 e. The summed E-state index contributed by atoms with van der Waals surface area (Å²) in [5.74, 6) is 1.29. The van der Waals surface area contributed by atoms with Crippen LogP contribution in [0.4, 0.5) is 4.39 Å². The molecule has 0 atom stereocenters. The molecule has 1 aromatic carbocycles. The van der Waals surface area contributed by atoms with Gasteiger partial charge in [0.25, 0.3) is 0 Å². The lowest BCUT2D eigenvalue weighted by Crippen LogP contribution is -2.36. The summed E-state index contributed by atoms with van der Waals surface area (Å²) in [6.07, 6.45) is 3.77. The van der Waals surface area contributed by atoms with Crippen molar-refractivity contribution in [2.75, 3.05) is 13.3 Å². The van der Waals surface area contributed by atoms with E-state index in [1.54, 1.807) is 31.1 Å². The molecule has 0 aliphatic rings. The second-order valence-electron chi connectivity index (χ2n) is 5.07. The molecule has 2 N–H and O–H groups in total. The second kappa shape index (κ2) is 8.57. The Kier molecular flexibility index (Phi) is 6.46. The van der Waals surface area contributed by atoms with Crippen LogP contribution in [0.2, 0.25) is 0 Å². The molecular formula is C16H22FN5S. The summed E-state index contributed by atoms with van der Waals surface area (Å²) in [6.45, 7) is 1.23. The Labute approximate surface area is 140 Å². The third-order valence-corrected chi connectivity index (χ3v) is 4.10. The maximum atomic E-state index is 13.4. The molecule has 5 nitrogen and oxygen atoms in total. The number of benzene rings is 1. The summed E-state index contributed by atoms with van der Waals surface area (Å²) < 4.78 is 15.2. The SMILES string of the molecule is CN=C(NCc1ccc(F)cc1CSC)NCc1ccnn1C. The van der Waals surface area contributed by atoms with E-state index in [2.05, 4.69) is 20.7 Å². The number of halogens is 1. The van der Waals surface area contributed by atoms with Crippen LogP contribution in [0.5, 0.6) is 0 Å². The Morgan fingerprint density at radius 1 is 1.26 bits per heavy atom. The number of hydrogen-bond acceptors (Lipinski definition) is 3. The molecule has 2 aromatic rings. The number of aliphatic imine (C=N–C) groups is 1. The normalized spacial score (nSPS) is 11.6. The van der Waals surface area contributed by atoms with Crippen LogP contribution in [-0.2, 0) is 25.9 Å². The molecule has 0 saturated heterocycles. The van der Waals surface area contributed by atoms with Crippen LogP contribution in [0.3, 0.4) is 0 Å². The number of thioether (sulfide) groups is 1. The van der Waals surface area contributed by atoms with Gasteiger partial charge < -0.3 is 10.6 Å². The number of hydrogen-bond donors (Lipinski definition) is 2. The minimum atomic E-state index is -0.198. The molecule has 1 heterocycles. The van der Waals surface area contributed by atoms with Gasteiger partial charge in [0.1, 0.15) is 5.82 Å². The molecular weight excluding hydrogens is 313 g/mol. The van der Waals surface area contributed by atoms with Gasteiger partial charge in [0, 0.05) is 32.6 Å². The van der Waals surface area contributed by atoms with Gasteiger partial charge in [-0.3, -0.25) is 9.67 Å². The van der Waals surface area contributed by atoms with Crippen molar-refractivity contribution in [2.24, 2.45) is 12.0 Å². The Hall–Kier alpha value is -2.02. The Morgan fingerprint density at radius 3 is 2.70 bits per heavy atom. The van der Waals surface area contributed by atoms with Gasteiger partial charge in [-0.1, -0.05) is 6.07 Å². The quantitative estimate of drug-likeness (QED) is 0.628. The van der Waals surface area contributed by atoms with Crippen molar-refractivity contribution in [1.29, 1.82) is 0 Å². The molecule has 0 fully saturated rings. The van der Waals surface area contributed by atoms with Gasteiger partial charge in [-0.25, -0.2) is 4.39 Å². The molecule has 0 radical (unpaired) electrons. The van der Waals surface area contributed by atoms with E-state index in [0.717, 1.165) is 22.6 Å². The van der Waals surface area contributed by atoms with E-state index in [1.807, 2.05) is 30.1 Å². The number of nitrogens with zero attached hydrogens (tertiary/aromatic N) is 3. The predicted molar refractivity (Wildman–Crippen MR) is 93.9 cm³/mol. The Morgan fingerprint density at radius 2 is 2.04 bits per heavy atom. The summed E-state index contributed by atoms with van der Waals surface area (Å²) in [5.41, 5.74) is 3.15. The highest BCUT2D eigenvalue weighted by Gasteiger charge is 2.06. The fraction of sp³-hybridized carbons (Fsp3) is 0.375. The molecule has 23 heavy (non-hydrogen) atoms. The van der Waals surface area contributed by atoms with E-state index in [9.17, 15) is 4.39 Å². The van der Waals surface area contributed by atoms with Crippen LogP contribution < -0.4 is 10.6 Å². The molecule has 0 spiro atoms.